The first-order chi connectivity index (χ1) is 20.1. The van der Waals surface area contributed by atoms with E-state index in [0.717, 1.165) is 28.7 Å². The van der Waals surface area contributed by atoms with Crippen molar-refractivity contribution in [1.82, 2.24) is 4.90 Å². The molecule has 4 aromatic rings. The average Bonchev–Trinajstić information content (AvgIpc) is 3.02. The molecule has 2 unspecified atom stereocenters. The summed E-state index contributed by atoms with van der Waals surface area (Å²) in [6.45, 7) is 2.04. The maximum Gasteiger partial charge on any atom is 0.407 e. The lowest BCUT2D eigenvalue weighted by Gasteiger charge is -2.37. The van der Waals surface area contributed by atoms with E-state index in [1.807, 2.05) is 48.5 Å². The lowest BCUT2D eigenvalue weighted by atomic mass is 9.87. The lowest BCUT2D eigenvalue weighted by molar-refractivity contribution is -0.0199. The molecule has 0 aromatic heterocycles. The highest BCUT2D eigenvalue weighted by Gasteiger charge is 2.33. The van der Waals surface area contributed by atoms with Crippen LogP contribution in [0.3, 0.4) is 0 Å². The van der Waals surface area contributed by atoms with E-state index in [0.29, 0.717) is 51.3 Å². The molecule has 1 heterocycles. The van der Waals surface area contributed by atoms with Crippen molar-refractivity contribution in [3.63, 3.8) is 0 Å². The van der Waals surface area contributed by atoms with Crippen LogP contribution in [0.2, 0.25) is 0 Å². The average molecular weight is 554 g/mol. The van der Waals surface area contributed by atoms with E-state index in [-0.39, 0.29) is 18.0 Å². The third-order valence-corrected chi connectivity index (χ3v) is 7.44. The number of carboxylic acid groups (broad SMARTS) is 1. The minimum Gasteiger partial charge on any atom is -0.494 e. The monoisotopic (exact) mass is 553 g/mol. The van der Waals surface area contributed by atoms with Crippen LogP contribution in [0.25, 0.3) is 10.8 Å². The van der Waals surface area contributed by atoms with E-state index in [4.69, 9.17) is 14.2 Å². The number of ether oxygens (including phenoxy) is 3. The van der Waals surface area contributed by atoms with Gasteiger partial charge in [-0.1, -0.05) is 66.7 Å². The number of likely N-dealkylation sites (tertiary alicyclic amines) is 1. The summed E-state index contributed by atoms with van der Waals surface area (Å²) in [5, 5.41) is 12.0. The molecule has 7 heteroatoms. The fourth-order valence-electron chi connectivity index (χ4n) is 5.22. The summed E-state index contributed by atoms with van der Waals surface area (Å²) in [7, 11) is 0. The summed E-state index contributed by atoms with van der Waals surface area (Å²) in [5.74, 6) is 0.496. The second-order valence-electron chi connectivity index (χ2n) is 10.3. The van der Waals surface area contributed by atoms with E-state index >= 15 is 0 Å². The predicted molar refractivity (Wildman–Crippen MR) is 157 cm³/mol. The van der Waals surface area contributed by atoms with E-state index in [2.05, 4.69) is 36.4 Å². The fourth-order valence-corrected chi connectivity index (χ4v) is 5.22. The zero-order chi connectivity index (χ0) is 28.4. The number of fused-ring (bicyclic) bond motifs is 1. The summed E-state index contributed by atoms with van der Waals surface area (Å²) < 4.78 is 17.7. The number of benzene rings is 4. The van der Waals surface area contributed by atoms with Gasteiger partial charge < -0.3 is 24.2 Å². The first kappa shape index (κ1) is 28.2. The Morgan fingerprint density at radius 3 is 2.44 bits per heavy atom. The number of piperidine rings is 1. The summed E-state index contributed by atoms with van der Waals surface area (Å²) >= 11 is 0. The van der Waals surface area contributed by atoms with Crippen LogP contribution in [-0.2, 0) is 16.1 Å². The van der Waals surface area contributed by atoms with Crippen LogP contribution in [0.15, 0.2) is 97.1 Å². The number of carbonyl (C=O) groups is 2. The maximum absolute atomic E-state index is 12.1. The van der Waals surface area contributed by atoms with Gasteiger partial charge in [-0.05, 0) is 71.5 Å². The molecule has 5 rings (SSSR count). The van der Waals surface area contributed by atoms with Crippen LogP contribution in [0.1, 0.15) is 46.7 Å². The fraction of sp³-hybridized carbons (Fsp3) is 0.294. The number of nitrogens with zero attached hydrogens (tertiary/aromatic N) is 1. The molecule has 0 aliphatic carbocycles. The molecule has 4 aromatic carbocycles. The van der Waals surface area contributed by atoms with Gasteiger partial charge in [0.05, 0.1) is 38.0 Å². The third-order valence-electron chi connectivity index (χ3n) is 7.44. The number of hydrogen-bond acceptors (Lipinski definition) is 5. The molecule has 0 spiro atoms. The normalized spacial score (nSPS) is 16.8. The van der Waals surface area contributed by atoms with Crippen molar-refractivity contribution < 1.29 is 28.9 Å². The summed E-state index contributed by atoms with van der Waals surface area (Å²) in [5.41, 5.74) is 2.68. The molecule has 1 aliphatic rings. The molecule has 1 amide bonds. The first-order valence-corrected chi connectivity index (χ1v) is 14.1. The molecular formula is C34H35NO6. The van der Waals surface area contributed by atoms with Gasteiger partial charge in [0.15, 0.2) is 0 Å². The second kappa shape index (κ2) is 13.8. The Morgan fingerprint density at radius 1 is 0.829 bits per heavy atom. The van der Waals surface area contributed by atoms with Gasteiger partial charge in [0.1, 0.15) is 5.75 Å². The minimum absolute atomic E-state index is 0.0482. The Morgan fingerprint density at radius 2 is 1.61 bits per heavy atom. The van der Waals surface area contributed by atoms with Gasteiger partial charge in [-0.25, -0.2) is 9.59 Å². The van der Waals surface area contributed by atoms with Crippen LogP contribution in [0, 0.1) is 0 Å². The van der Waals surface area contributed by atoms with Gasteiger partial charge >= 0.3 is 12.1 Å². The number of amides is 1. The van der Waals surface area contributed by atoms with Gasteiger partial charge in [0, 0.05) is 12.5 Å². The Labute approximate surface area is 240 Å². The highest BCUT2D eigenvalue weighted by atomic mass is 16.5. The SMILES string of the molecule is O=C(OCCCCOc1cccc(C2CCN(C(=O)O)CC2OCc2ccc3ccccc3c2)c1)c1ccccc1. The molecule has 212 valence electrons. The van der Waals surface area contributed by atoms with Crippen molar-refractivity contribution in [3.8, 4) is 5.75 Å². The van der Waals surface area contributed by atoms with Crippen molar-refractivity contribution in [2.24, 2.45) is 0 Å². The Kier molecular flexibility index (Phi) is 9.49. The molecule has 0 radical (unpaired) electrons. The molecule has 2 atom stereocenters. The summed E-state index contributed by atoms with van der Waals surface area (Å²) in [6, 6.07) is 31.4. The quantitative estimate of drug-likeness (QED) is 0.161. The molecule has 41 heavy (non-hydrogen) atoms. The van der Waals surface area contributed by atoms with E-state index in [1.54, 1.807) is 12.1 Å². The van der Waals surface area contributed by atoms with Crippen LogP contribution in [0.5, 0.6) is 5.75 Å². The molecule has 1 N–H and O–H groups in total. The standard InChI is InChI=1S/C34H35NO6/c36-33(27-10-2-1-3-11-27)40-20-7-6-19-39-30-14-8-13-29(22-30)31-17-18-35(34(37)38)23-32(31)41-24-25-15-16-26-9-4-5-12-28(26)21-25/h1-5,8-16,21-22,31-32H,6-7,17-20,23-24H2,(H,37,38). The van der Waals surface area contributed by atoms with Gasteiger partial charge in [0.2, 0.25) is 0 Å². The molecule has 1 saturated heterocycles. The molecule has 7 nitrogen and oxygen atoms in total. The van der Waals surface area contributed by atoms with Crippen molar-refractivity contribution in [2.75, 3.05) is 26.3 Å². The minimum atomic E-state index is -0.922. The van der Waals surface area contributed by atoms with Crippen molar-refractivity contribution >= 4 is 22.8 Å². The van der Waals surface area contributed by atoms with Crippen LogP contribution in [0.4, 0.5) is 4.79 Å². The number of esters is 1. The van der Waals surface area contributed by atoms with E-state index in [9.17, 15) is 14.7 Å². The van der Waals surface area contributed by atoms with Gasteiger partial charge in [-0.3, -0.25) is 0 Å². The summed E-state index contributed by atoms with van der Waals surface area (Å²) in [4.78, 5) is 25.2. The topological polar surface area (TPSA) is 85.3 Å². The number of carbonyl (C=O) groups excluding carboxylic acids is 1. The Bertz CT molecular complexity index is 1460. The van der Waals surface area contributed by atoms with Crippen molar-refractivity contribution in [3.05, 3.63) is 114 Å². The second-order valence-corrected chi connectivity index (χ2v) is 10.3. The van der Waals surface area contributed by atoms with Gasteiger partial charge in [0.25, 0.3) is 0 Å². The third kappa shape index (κ3) is 7.64. The number of unbranched alkanes of at least 4 members (excludes halogenated alkanes) is 1. The summed E-state index contributed by atoms with van der Waals surface area (Å²) in [6.07, 6.45) is 0.928. The number of hydrogen-bond donors (Lipinski definition) is 1. The molecular weight excluding hydrogens is 518 g/mol. The molecule has 0 saturated carbocycles. The van der Waals surface area contributed by atoms with Crippen molar-refractivity contribution in [2.45, 2.75) is 37.9 Å². The smallest absolute Gasteiger partial charge is 0.407 e. The number of rotatable bonds is 11. The Hall–Kier alpha value is -4.36. The van der Waals surface area contributed by atoms with Gasteiger partial charge in [-0.15, -0.1) is 0 Å². The first-order valence-electron chi connectivity index (χ1n) is 14.1. The molecule has 0 bridgehead atoms. The highest BCUT2D eigenvalue weighted by molar-refractivity contribution is 5.89. The zero-order valence-corrected chi connectivity index (χ0v) is 23.0. The van der Waals surface area contributed by atoms with Gasteiger partial charge in [-0.2, -0.15) is 0 Å². The highest BCUT2D eigenvalue weighted by Crippen LogP contribution is 2.33. The molecule has 1 fully saturated rings. The van der Waals surface area contributed by atoms with Crippen LogP contribution >= 0.6 is 0 Å². The lowest BCUT2D eigenvalue weighted by Crippen LogP contribution is -2.46. The zero-order valence-electron chi connectivity index (χ0n) is 23.0. The van der Waals surface area contributed by atoms with Crippen LogP contribution in [-0.4, -0.2) is 54.5 Å². The molecule has 1 aliphatic heterocycles. The Balaban J connectivity index is 1.15. The van der Waals surface area contributed by atoms with Crippen molar-refractivity contribution in [1.29, 1.82) is 0 Å². The van der Waals surface area contributed by atoms with E-state index < -0.39 is 6.09 Å². The maximum atomic E-state index is 12.1. The van der Waals surface area contributed by atoms with E-state index in [1.165, 1.54) is 10.3 Å². The largest absolute Gasteiger partial charge is 0.494 e. The van der Waals surface area contributed by atoms with Crippen LogP contribution < -0.4 is 4.74 Å². The predicted octanol–water partition coefficient (Wildman–Crippen LogP) is 6.91.